The van der Waals surface area contributed by atoms with Crippen LogP contribution in [0.15, 0.2) is 53.0 Å². The van der Waals surface area contributed by atoms with E-state index in [-0.39, 0.29) is 0 Å². The highest BCUT2D eigenvalue weighted by molar-refractivity contribution is 9.10. The summed E-state index contributed by atoms with van der Waals surface area (Å²) in [5, 5.41) is 12.9. The van der Waals surface area contributed by atoms with Crippen LogP contribution in [0.2, 0.25) is 5.02 Å². The van der Waals surface area contributed by atoms with Crippen molar-refractivity contribution in [2.45, 2.75) is 6.54 Å². The second kappa shape index (κ2) is 6.89. The fraction of sp³-hybridized carbons (Fsp3) is 0.133. The Bertz CT molecular complexity index is 777. The molecular weight excluding hydrogens is 368 g/mol. The van der Waals surface area contributed by atoms with Crippen molar-refractivity contribution in [2.24, 2.45) is 0 Å². The summed E-state index contributed by atoms with van der Waals surface area (Å²) in [5.74, 6) is 1.30. The van der Waals surface area contributed by atoms with Gasteiger partial charge in [0.15, 0.2) is 0 Å². The molecule has 0 saturated heterocycles. The fourth-order valence-electron chi connectivity index (χ4n) is 1.89. The highest BCUT2D eigenvalue weighted by Crippen LogP contribution is 2.23. The topological polar surface area (TPSA) is 52.8 Å². The first-order valence-electron chi connectivity index (χ1n) is 6.63. The molecule has 0 amide bonds. The van der Waals surface area contributed by atoms with Crippen LogP contribution in [0, 0.1) is 0 Å². The summed E-state index contributed by atoms with van der Waals surface area (Å²) in [5.41, 5.74) is 0.767. The monoisotopic (exact) mass is 378 g/mol. The molecule has 0 spiro atoms. The number of ether oxygens (including phenoxy) is 1. The Hall–Kier alpha value is -1.92. The zero-order valence-corrected chi connectivity index (χ0v) is 13.8. The van der Waals surface area contributed by atoms with Crippen molar-refractivity contribution in [3.05, 3.63) is 58.0 Å². The number of hydrogen-bond donors (Lipinski definition) is 0. The normalized spacial score (nSPS) is 10.6. The molecule has 22 heavy (non-hydrogen) atoms. The van der Waals surface area contributed by atoms with Crippen LogP contribution < -0.4 is 4.74 Å². The molecular formula is C15H12BrClN4O. The number of rotatable bonds is 5. The maximum atomic E-state index is 6.12. The minimum absolute atomic E-state index is 0.453. The van der Waals surface area contributed by atoms with Crippen molar-refractivity contribution in [3.63, 3.8) is 0 Å². The van der Waals surface area contributed by atoms with E-state index in [1.165, 1.54) is 4.80 Å². The van der Waals surface area contributed by atoms with Crippen LogP contribution in [-0.2, 0) is 6.54 Å². The van der Waals surface area contributed by atoms with E-state index in [1.54, 1.807) is 6.07 Å². The second-order valence-corrected chi connectivity index (χ2v) is 5.82. The minimum Gasteiger partial charge on any atom is -0.492 e. The first-order valence-corrected chi connectivity index (χ1v) is 7.80. The van der Waals surface area contributed by atoms with Crippen LogP contribution in [0.1, 0.15) is 0 Å². The van der Waals surface area contributed by atoms with E-state index in [4.69, 9.17) is 16.3 Å². The minimum atomic E-state index is 0.453. The van der Waals surface area contributed by atoms with Gasteiger partial charge in [-0.15, -0.1) is 10.2 Å². The fourth-order valence-corrected chi connectivity index (χ4v) is 2.49. The number of hydrogen-bond acceptors (Lipinski definition) is 4. The van der Waals surface area contributed by atoms with Gasteiger partial charge in [-0.05, 0) is 35.5 Å². The van der Waals surface area contributed by atoms with Gasteiger partial charge < -0.3 is 4.74 Å². The number of aromatic nitrogens is 4. The molecule has 3 rings (SSSR count). The highest BCUT2D eigenvalue weighted by Gasteiger charge is 2.09. The summed E-state index contributed by atoms with van der Waals surface area (Å²) in [6.07, 6.45) is 0. The Labute approximate surface area is 141 Å². The zero-order valence-electron chi connectivity index (χ0n) is 11.5. The Balaban J connectivity index is 1.62. The number of tetrazole rings is 1. The van der Waals surface area contributed by atoms with E-state index in [1.807, 2.05) is 42.5 Å². The largest absolute Gasteiger partial charge is 0.492 e. The molecule has 1 aromatic heterocycles. The summed E-state index contributed by atoms with van der Waals surface area (Å²) in [7, 11) is 0. The first-order chi connectivity index (χ1) is 10.7. The van der Waals surface area contributed by atoms with Crippen LogP contribution in [0.3, 0.4) is 0 Å². The average Bonchev–Trinajstić information content (AvgIpc) is 2.96. The quantitative estimate of drug-likeness (QED) is 0.676. The summed E-state index contributed by atoms with van der Waals surface area (Å²) < 4.78 is 6.62. The van der Waals surface area contributed by atoms with Gasteiger partial charge in [0.05, 0.1) is 11.6 Å². The molecule has 0 fully saturated rings. The lowest BCUT2D eigenvalue weighted by Gasteiger charge is -2.05. The molecule has 0 aliphatic heterocycles. The smallest absolute Gasteiger partial charge is 0.206 e. The van der Waals surface area contributed by atoms with Crippen molar-refractivity contribution < 1.29 is 4.74 Å². The SMILES string of the molecule is Clc1ccccc1-c1nnn(CCOc2cccc(Br)c2)n1. The van der Waals surface area contributed by atoms with Gasteiger partial charge in [-0.3, -0.25) is 0 Å². The third-order valence-corrected chi connectivity index (χ3v) is 3.75. The molecule has 0 atom stereocenters. The molecule has 112 valence electrons. The number of nitrogens with zero attached hydrogens (tertiary/aromatic N) is 4. The third kappa shape index (κ3) is 3.64. The predicted octanol–water partition coefficient (Wildman–Crippen LogP) is 3.84. The van der Waals surface area contributed by atoms with Gasteiger partial charge in [-0.2, -0.15) is 4.80 Å². The molecule has 0 bridgehead atoms. The lowest BCUT2D eigenvalue weighted by atomic mass is 10.2. The summed E-state index contributed by atoms with van der Waals surface area (Å²) in [6.45, 7) is 0.957. The Kier molecular flexibility index (Phi) is 4.70. The number of benzene rings is 2. The van der Waals surface area contributed by atoms with Crippen molar-refractivity contribution in [2.75, 3.05) is 6.61 Å². The van der Waals surface area contributed by atoms with E-state index >= 15 is 0 Å². The van der Waals surface area contributed by atoms with Crippen LogP contribution in [0.5, 0.6) is 5.75 Å². The van der Waals surface area contributed by atoms with Crippen LogP contribution in [0.25, 0.3) is 11.4 Å². The molecule has 7 heteroatoms. The van der Waals surface area contributed by atoms with Crippen LogP contribution >= 0.6 is 27.5 Å². The van der Waals surface area contributed by atoms with Gasteiger partial charge in [-0.25, -0.2) is 0 Å². The lowest BCUT2D eigenvalue weighted by Crippen LogP contribution is -2.11. The summed E-state index contributed by atoms with van der Waals surface area (Å²) >= 11 is 9.52. The molecule has 0 saturated carbocycles. The van der Waals surface area contributed by atoms with E-state index in [2.05, 4.69) is 31.3 Å². The molecule has 0 N–H and O–H groups in total. The maximum absolute atomic E-state index is 6.12. The summed E-state index contributed by atoms with van der Waals surface area (Å²) in [4.78, 5) is 1.50. The molecule has 0 aliphatic carbocycles. The predicted molar refractivity (Wildman–Crippen MR) is 87.9 cm³/mol. The lowest BCUT2D eigenvalue weighted by molar-refractivity contribution is 0.280. The van der Waals surface area contributed by atoms with Gasteiger partial charge in [0.2, 0.25) is 5.82 Å². The van der Waals surface area contributed by atoms with E-state index in [0.717, 1.165) is 15.8 Å². The first kappa shape index (κ1) is 15.0. The maximum Gasteiger partial charge on any atom is 0.206 e. The molecule has 0 unspecified atom stereocenters. The van der Waals surface area contributed by atoms with E-state index in [0.29, 0.717) is 24.0 Å². The van der Waals surface area contributed by atoms with Crippen molar-refractivity contribution in [1.29, 1.82) is 0 Å². The Morgan fingerprint density at radius 1 is 1.14 bits per heavy atom. The number of halogens is 2. The van der Waals surface area contributed by atoms with Crippen molar-refractivity contribution in [1.82, 2.24) is 20.2 Å². The van der Waals surface area contributed by atoms with Gasteiger partial charge in [-0.1, -0.05) is 45.7 Å². The standard InChI is InChI=1S/C15H12BrClN4O/c16-11-4-3-5-12(10-11)22-9-8-21-19-15(18-20-21)13-6-1-2-7-14(13)17/h1-7,10H,8-9H2. The van der Waals surface area contributed by atoms with Gasteiger partial charge in [0, 0.05) is 10.0 Å². The van der Waals surface area contributed by atoms with Gasteiger partial charge in [0.1, 0.15) is 12.4 Å². The van der Waals surface area contributed by atoms with E-state index in [9.17, 15) is 0 Å². The third-order valence-electron chi connectivity index (χ3n) is 2.92. The molecule has 0 radical (unpaired) electrons. The molecule has 5 nitrogen and oxygen atoms in total. The second-order valence-electron chi connectivity index (χ2n) is 4.49. The zero-order chi connectivity index (χ0) is 15.4. The molecule has 0 aliphatic rings. The summed E-state index contributed by atoms with van der Waals surface area (Å²) in [6, 6.07) is 15.1. The van der Waals surface area contributed by atoms with Crippen LogP contribution in [0.4, 0.5) is 0 Å². The Morgan fingerprint density at radius 3 is 2.82 bits per heavy atom. The molecule has 2 aromatic carbocycles. The Morgan fingerprint density at radius 2 is 2.00 bits per heavy atom. The van der Waals surface area contributed by atoms with Crippen LogP contribution in [-0.4, -0.2) is 26.8 Å². The van der Waals surface area contributed by atoms with Gasteiger partial charge in [0.25, 0.3) is 0 Å². The van der Waals surface area contributed by atoms with Gasteiger partial charge >= 0.3 is 0 Å². The molecule has 3 aromatic rings. The van der Waals surface area contributed by atoms with Crippen molar-refractivity contribution >= 4 is 27.5 Å². The average molecular weight is 380 g/mol. The highest BCUT2D eigenvalue weighted by atomic mass is 79.9. The van der Waals surface area contributed by atoms with E-state index < -0.39 is 0 Å². The van der Waals surface area contributed by atoms with Crippen molar-refractivity contribution in [3.8, 4) is 17.1 Å². The molecule has 1 heterocycles.